The number of ether oxygens (including phenoxy) is 1. The van der Waals surface area contributed by atoms with Crippen LogP contribution in [0.4, 0.5) is 14.5 Å². The van der Waals surface area contributed by atoms with Crippen molar-refractivity contribution in [2.45, 2.75) is 12.8 Å². The molecule has 0 radical (unpaired) electrons. The minimum Gasteiger partial charge on any atom is -0.476 e. The SMILES string of the molecule is Cn1c(-c2ccc(OCC#N)c(F)c2F)cnc1C(=O)Nc1ccc(C(=O)N2CCC(C(=O)N3CCS(=O)(=O)CC3)CC2)c(Cl)c1. The monoisotopic (exact) mass is 674 g/mol. The van der Waals surface area contributed by atoms with Gasteiger partial charge in [0, 0.05) is 50.4 Å². The third-order valence-electron chi connectivity index (χ3n) is 8.05. The Kier molecular flexibility index (Phi) is 9.59. The number of carbonyl (C=O) groups excluding carboxylic acids is 3. The number of aromatic nitrogens is 2. The average Bonchev–Trinajstić information content (AvgIpc) is 3.42. The Hall–Kier alpha value is -4.55. The number of rotatable bonds is 7. The van der Waals surface area contributed by atoms with Crippen molar-refractivity contribution in [3.8, 4) is 23.1 Å². The molecule has 0 aliphatic carbocycles. The molecule has 46 heavy (non-hydrogen) atoms. The van der Waals surface area contributed by atoms with Crippen LogP contribution in [-0.4, -0.2) is 89.8 Å². The zero-order valence-electron chi connectivity index (χ0n) is 24.6. The Morgan fingerprint density at radius 3 is 2.41 bits per heavy atom. The second-order valence-electron chi connectivity index (χ2n) is 10.9. The number of hydrogen-bond donors (Lipinski definition) is 1. The molecule has 1 aromatic heterocycles. The highest BCUT2D eigenvalue weighted by Gasteiger charge is 2.33. The number of amides is 3. The maximum absolute atomic E-state index is 14.8. The Balaban J connectivity index is 1.20. The van der Waals surface area contributed by atoms with Gasteiger partial charge in [-0.05, 0) is 43.2 Å². The Morgan fingerprint density at radius 1 is 1.07 bits per heavy atom. The van der Waals surface area contributed by atoms with Crippen LogP contribution < -0.4 is 10.1 Å². The molecule has 2 aliphatic heterocycles. The van der Waals surface area contributed by atoms with Gasteiger partial charge in [0.1, 0.15) is 6.07 Å². The molecule has 0 unspecified atom stereocenters. The maximum atomic E-state index is 14.8. The van der Waals surface area contributed by atoms with Crippen LogP contribution >= 0.6 is 11.6 Å². The molecule has 2 aromatic carbocycles. The summed E-state index contributed by atoms with van der Waals surface area (Å²) < 4.78 is 58.8. The minimum absolute atomic E-state index is 0.0365. The number of nitriles is 1. The van der Waals surface area contributed by atoms with Gasteiger partial charge < -0.3 is 24.4 Å². The Bertz CT molecular complexity index is 1840. The molecule has 12 nitrogen and oxygen atoms in total. The first-order chi connectivity index (χ1) is 21.9. The largest absolute Gasteiger partial charge is 0.476 e. The highest BCUT2D eigenvalue weighted by molar-refractivity contribution is 7.91. The first-order valence-electron chi connectivity index (χ1n) is 14.3. The van der Waals surface area contributed by atoms with Crippen LogP contribution in [0.1, 0.15) is 33.8 Å². The van der Waals surface area contributed by atoms with E-state index in [1.54, 1.807) is 15.9 Å². The van der Waals surface area contributed by atoms with Gasteiger partial charge in [0.15, 0.2) is 33.8 Å². The number of anilines is 1. The number of benzene rings is 2. The van der Waals surface area contributed by atoms with Gasteiger partial charge in [0.05, 0.1) is 34.0 Å². The fraction of sp³-hybridized carbons (Fsp3) is 0.367. The maximum Gasteiger partial charge on any atom is 0.291 e. The summed E-state index contributed by atoms with van der Waals surface area (Å²) >= 11 is 6.43. The van der Waals surface area contributed by atoms with Crippen molar-refractivity contribution in [3.63, 3.8) is 0 Å². The van der Waals surface area contributed by atoms with E-state index in [0.717, 1.165) is 0 Å². The van der Waals surface area contributed by atoms with Crippen LogP contribution in [0.25, 0.3) is 11.3 Å². The number of nitrogens with zero attached hydrogens (tertiary/aromatic N) is 5. The number of carbonyl (C=O) groups is 3. The van der Waals surface area contributed by atoms with Gasteiger partial charge >= 0.3 is 0 Å². The molecular weight excluding hydrogens is 646 g/mol. The highest BCUT2D eigenvalue weighted by Crippen LogP contribution is 2.31. The molecule has 0 bridgehead atoms. The van der Waals surface area contributed by atoms with Crippen molar-refractivity contribution in [1.29, 1.82) is 5.26 Å². The predicted molar refractivity (Wildman–Crippen MR) is 163 cm³/mol. The number of halogens is 3. The number of piperidine rings is 1. The smallest absolute Gasteiger partial charge is 0.291 e. The molecule has 16 heteroatoms. The van der Waals surface area contributed by atoms with Gasteiger partial charge in [-0.1, -0.05) is 11.6 Å². The number of imidazole rings is 1. The predicted octanol–water partition coefficient (Wildman–Crippen LogP) is 3.28. The van der Waals surface area contributed by atoms with E-state index in [9.17, 15) is 31.6 Å². The van der Waals surface area contributed by atoms with Crippen molar-refractivity contribution < 1.29 is 36.3 Å². The van der Waals surface area contributed by atoms with E-state index in [1.165, 1.54) is 48.1 Å². The zero-order valence-corrected chi connectivity index (χ0v) is 26.2. The van der Waals surface area contributed by atoms with Gasteiger partial charge in [-0.15, -0.1) is 0 Å². The van der Waals surface area contributed by atoms with Crippen LogP contribution in [0.15, 0.2) is 36.5 Å². The molecule has 5 rings (SSSR count). The van der Waals surface area contributed by atoms with Crippen LogP contribution in [0.3, 0.4) is 0 Å². The van der Waals surface area contributed by atoms with Gasteiger partial charge in [-0.25, -0.2) is 17.8 Å². The first-order valence-corrected chi connectivity index (χ1v) is 16.5. The number of hydrogen-bond acceptors (Lipinski definition) is 8. The lowest BCUT2D eigenvalue weighted by Crippen LogP contribution is -2.49. The van der Waals surface area contributed by atoms with E-state index >= 15 is 0 Å². The molecule has 0 atom stereocenters. The molecule has 2 aliphatic rings. The van der Waals surface area contributed by atoms with Gasteiger partial charge in [-0.3, -0.25) is 14.4 Å². The summed E-state index contributed by atoms with van der Waals surface area (Å²) in [5.74, 6) is -4.49. The van der Waals surface area contributed by atoms with E-state index < -0.39 is 39.7 Å². The lowest BCUT2D eigenvalue weighted by molar-refractivity contribution is -0.136. The Morgan fingerprint density at radius 2 is 1.76 bits per heavy atom. The second kappa shape index (κ2) is 13.4. The molecular formula is C30H29ClF2N6O6S. The van der Waals surface area contributed by atoms with Crippen molar-refractivity contribution in [2.75, 3.05) is 49.6 Å². The number of nitrogens with one attached hydrogen (secondary N) is 1. The van der Waals surface area contributed by atoms with Crippen LogP contribution in [-0.2, 0) is 21.7 Å². The van der Waals surface area contributed by atoms with Crippen molar-refractivity contribution >= 4 is 44.8 Å². The third-order valence-corrected chi connectivity index (χ3v) is 9.97. The summed E-state index contributed by atoms with van der Waals surface area (Å²) in [6.45, 7) is 0.583. The molecule has 3 heterocycles. The quantitative estimate of drug-likeness (QED) is 0.401. The van der Waals surface area contributed by atoms with Gasteiger partial charge in [-0.2, -0.15) is 9.65 Å². The first kappa shape index (κ1) is 32.8. The summed E-state index contributed by atoms with van der Waals surface area (Å²) in [6, 6.07) is 8.49. The molecule has 0 saturated carbocycles. The number of sulfone groups is 1. The molecule has 0 spiro atoms. The second-order valence-corrected chi connectivity index (χ2v) is 13.6. The topological polar surface area (TPSA) is 155 Å². The highest BCUT2D eigenvalue weighted by atomic mass is 35.5. The zero-order chi connectivity index (χ0) is 33.2. The molecule has 2 saturated heterocycles. The van der Waals surface area contributed by atoms with E-state index in [2.05, 4.69) is 10.3 Å². The van der Waals surface area contributed by atoms with Crippen LogP contribution in [0, 0.1) is 28.9 Å². The molecule has 242 valence electrons. The third kappa shape index (κ3) is 6.82. The van der Waals surface area contributed by atoms with E-state index in [1.807, 2.05) is 0 Å². The standard InChI is InChI=1S/C30H29ClF2N6O6S/c1-37-23(21-4-5-24(45-13-8-34)26(33)25(21)32)17-35-27(37)28(40)36-19-2-3-20(22(31)16-19)30(42)38-9-6-18(7-10-38)29(41)39-11-14-46(43,44)15-12-39/h2-5,16-18H,6-7,9-15H2,1H3,(H,36,40). The fourth-order valence-electron chi connectivity index (χ4n) is 5.47. The van der Waals surface area contributed by atoms with Gasteiger partial charge in [0.25, 0.3) is 11.8 Å². The summed E-state index contributed by atoms with van der Waals surface area (Å²) in [4.78, 5) is 46.4. The molecule has 3 amide bonds. The van der Waals surface area contributed by atoms with Crippen LogP contribution in [0.5, 0.6) is 5.75 Å². The number of likely N-dealkylation sites (tertiary alicyclic amines) is 1. The van der Waals surface area contributed by atoms with Crippen molar-refractivity contribution in [2.24, 2.45) is 13.0 Å². The molecule has 2 fully saturated rings. The summed E-state index contributed by atoms with van der Waals surface area (Å²) in [6.07, 6.45) is 2.10. The fourth-order valence-corrected chi connectivity index (χ4v) is 6.93. The van der Waals surface area contributed by atoms with Crippen LogP contribution in [0.2, 0.25) is 5.02 Å². The minimum atomic E-state index is -3.10. The van der Waals surface area contributed by atoms with E-state index in [0.29, 0.717) is 25.9 Å². The molecule has 3 aromatic rings. The Labute approximate surface area is 268 Å². The normalized spacial score (nSPS) is 16.5. The van der Waals surface area contributed by atoms with Gasteiger partial charge in [0.2, 0.25) is 11.7 Å². The van der Waals surface area contributed by atoms with Crippen molar-refractivity contribution in [3.05, 3.63) is 64.6 Å². The summed E-state index contributed by atoms with van der Waals surface area (Å²) in [5.41, 5.74) is 0.420. The lowest BCUT2D eigenvalue weighted by atomic mass is 9.94. The van der Waals surface area contributed by atoms with E-state index in [4.69, 9.17) is 21.6 Å². The summed E-state index contributed by atoms with van der Waals surface area (Å²) in [5, 5.41) is 11.3. The molecule has 1 N–H and O–H groups in total. The lowest BCUT2D eigenvalue weighted by Gasteiger charge is -2.35. The summed E-state index contributed by atoms with van der Waals surface area (Å²) in [7, 11) is -1.64. The van der Waals surface area contributed by atoms with Crippen molar-refractivity contribution in [1.82, 2.24) is 19.4 Å². The average molecular weight is 675 g/mol. The van der Waals surface area contributed by atoms with E-state index in [-0.39, 0.29) is 75.7 Å².